The van der Waals surface area contributed by atoms with Crippen molar-refractivity contribution in [2.75, 3.05) is 18.4 Å². The summed E-state index contributed by atoms with van der Waals surface area (Å²) in [5.41, 5.74) is 7.86. The zero-order valence-corrected chi connectivity index (χ0v) is 11.3. The van der Waals surface area contributed by atoms with Crippen molar-refractivity contribution < 1.29 is 0 Å². The van der Waals surface area contributed by atoms with Gasteiger partial charge in [-0.05, 0) is 23.8 Å². The van der Waals surface area contributed by atoms with Gasteiger partial charge in [-0.1, -0.05) is 27.7 Å². The molecule has 1 heterocycles. The van der Waals surface area contributed by atoms with Gasteiger partial charge < -0.3 is 11.1 Å². The van der Waals surface area contributed by atoms with Crippen molar-refractivity contribution in [3.8, 4) is 0 Å². The second-order valence-electron chi connectivity index (χ2n) is 5.06. The van der Waals surface area contributed by atoms with Gasteiger partial charge in [-0.3, -0.25) is 0 Å². The molecule has 0 saturated carbocycles. The van der Waals surface area contributed by atoms with Crippen molar-refractivity contribution in [2.24, 2.45) is 11.7 Å². The van der Waals surface area contributed by atoms with E-state index in [0.717, 1.165) is 12.1 Å². The molecule has 1 aromatic rings. The van der Waals surface area contributed by atoms with Gasteiger partial charge in [0.1, 0.15) is 0 Å². The van der Waals surface area contributed by atoms with Gasteiger partial charge in [0.15, 0.2) is 0 Å². The van der Waals surface area contributed by atoms with Crippen molar-refractivity contribution in [3.63, 3.8) is 0 Å². The lowest BCUT2D eigenvalue weighted by atomic mass is 9.98. The van der Waals surface area contributed by atoms with E-state index in [0.29, 0.717) is 30.9 Å². The molecule has 0 fully saturated rings. The first-order chi connectivity index (χ1) is 8.04. The number of nitrogens with one attached hydrogen (secondary N) is 1. The number of nitrogens with zero attached hydrogens (tertiary/aromatic N) is 2. The fourth-order valence-corrected chi connectivity index (χ4v) is 1.73. The minimum absolute atomic E-state index is 0.465. The molecule has 0 aromatic carbocycles. The third-order valence-electron chi connectivity index (χ3n) is 2.55. The molecule has 3 N–H and O–H groups in total. The Morgan fingerprint density at radius 2 is 2.00 bits per heavy atom. The SMILES string of the molecule is CC(C)Cc1nc(NCCN)ncc1C(C)C. The molecule has 4 nitrogen and oxygen atoms in total. The summed E-state index contributed by atoms with van der Waals surface area (Å²) in [5, 5.41) is 3.13. The molecular weight excluding hydrogens is 212 g/mol. The summed E-state index contributed by atoms with van der Waals surface area (Å²) in [6.07, 6.45) is 2.93. The number of aromatic nitrogens is 2. The van der Waals surface area contributed by atoms with Gasteiger partial charge in [-0.25, -0.2) is 9.97 Å². The highest BCUT2D eigenvalue weighted by molar-refractivity contribution is 5.31. The van der Waals surface area contributed by atoms with Gasteiger partial charge in [0.05, 0.1) is 0 Å². The van der Waals surface area contributed by atoms with E-state index in [4.69, 9.17) is 5.73 Å². The molecule has 0 spiro atoms. The van der Waals surface area contributed by atoms with Crippen molar-refractivity contribution >= 4 is 5.95 Å². The number of rotatable bonds is 6. The van der Waals surface area contributed by atoms with E-state index in [2.05, 4.69) is 43.0 Å². The van der Waals surface area contributed by atoms with Crippen LogP contribution in [-0.2, 0) is 6.42 Å². The normalized spacial score (nSPS) is 11.2. The highest BCUT2D eigenvalue weighted by atomic mass is 15.1. The van der Waals surface area contributed by atoms with Gasteiger partial charge in [0.25, 0.3) is 0 Å². The standard InChI is InChI=1S/C13H24N4/c1-9(2)7-12-11(10(3)4)8-16-13(17-12)15-6-5-14/h8-10H,5-7,14H2,1-4H3,(H,15,16,17). The van der Waals surface area contributed by atoms with Crippen LogP contribution in [0.25, 0.3) is 0 Å². The third kappa shape index (κ3) is 4.30. The predicted molar refractivity (Wildman–Crippen MR) is 72.2 cm³/mol. The monoisotopic (exact) mass is 236 g/mol. The van der Waals surface area contributed by atoms with Crippen LogP contribution in [0, 0.1) is 5.92 Å². The van der Waals surface area contributed by atoms with Crippen LogP contribution in [0.2, 0.25) is 0 Å². The Morgan fingerprint density at radius 1 is 1.29 bits per heavy atom. The van der Waals surface area contributed by atoms with E-state index in [1.54, 1.807) is 0 Å². The molecule has 0 unspecified atom stereocenters. The second-order valence-corrected chi connectivity index (χ2v) is 5.06. The number of anilines is 1. The lowest BCUT2D eigenvalue weighted by Crippen LogP contribution is -2.16. The summed E-state index contributed by atoms with van der Waals surface area (Å²) >= 11 is 0. The predicted octanol–water partition coefficient (Wildman–Crippen LogP) is 2.17. The van der Waals surface area contributed by atoms with Gasteiger partial charge in [-0.15, -0.1) is 0 Å². The highest BCUT2D eigenvalue weighted by Gasteiger charge is 2.11. The summed E-state index contributed by atoms with van der Waals surface area (Å²) in [6, 6.07) is 0. The van der Waals surface area contributed by atoms with Crippen LogP contribution in [0.5, 0.6) is 0 Å². The summed E-state index contributed by atoms with van der Waals surface area (Å²) in [6.45, 7) is 10.1. The maximum Gasteiger partial charge on any atom is 0.222 e. The summed E-state index contributed by atoms with van der Waals surface area (Å²) < 4.78 is 0. The second kappa shape index (κ2) is 6.55. The van der Waals surface area contributed by atoms with Crippen molar-refractivity contribution in [1.82, 2.24) is 9.97 Å². The topological polar surface area (TPSA) is 63.8 Å². The van der Waals surface area contributed by atoms with E-state index in [1.165, 1.54) is 5.56 Å². The minimum Gasteiger partial charge on any atom is -0.353 e. The molecule has 0 atom stereocenters. The Kier molecular flexibility index (Phi) is 5.35. The van der Waals surface area contributed by atoms with Crippen LogP contribution in [0.1, 0.15) is 44.9 Å². The molecule has 0 aliphatic heterocycles. The Labute approximate surface area is 104 Å². The Morgan fingerprint density at radius 3 is 2.53 bits per heavy atom. The van der Waals surface area contributed by atoms with Gasteiger partial charge in [0.2, 0.25) is 5.95 Å². The fourth-order valence-electron chi connectivity index (χ4n) is 1.73. The lowest BCUT2D eigenvalue weighted by Gasteiger charge is -2.14. The Hall–Kier alpha value is -1.16. The van der Waals surface area contributed by atoms with Crippen LogP contribution in [-0.4, -0.2) is 23.1 Å². The summed E-state index contributed by atoms with van der Waals surface area (Å²) in [7, 11) is 0. The zero-order chi connectivity index (χ0) is 12.8. The molecule has 4 heteroatoms. The lowest BCUT2D eigenvalue weighted by molar-refractivity contribution is 0.623. The molecule has 0 radical (unpaired) electrons. The smallest absolute Gasteiger partial charge is 0.222 e. The molecule has 1 rings (SSSR count). The Balaban J connectivity index is 2.93. The number of nitrogens with two attached hydrogens (primary N) is 1. The Bertz CT molecular complexity index is 347. The number of hydrogen-bond acceptors (Lipinski definition) is 4. The zero-order valence-electron chi connectivity index (χ0n) is 11.3. The summed E-state index contributed by atoms with van der Waals surface area (Å²) in [4.78, 5) is 8.92. The molecule has 0 aliphatic carbocycles. The van der Waals surface area contributed by atoms with Crippen molar-refractivity contribution in [1.29, 1.82) is 0 Å². The number of hydrogen-bond donors (Lipinski definition) is 2. The van der Waals surface area contributed by atoms with Crippen LogP contribution in [0.3, 0.4) is 0 Å². The van der Waals surface area contributed by atoms with Gasteiger partial charge >= 0.3 is 0 Å². The molecule has 0 amide bonds. The van der Waals surface area contributed by atoms with Crippen molar-refractivity contribution in [2.45, 2.75) is 40.0 Å². The molecule has 0 aliphatic rings. The quantitative estimate of drug-likeness (QED) is 0.794. The first-order valence-electron chi connectivity index (χ1n) is 6.34. The fraction of sp³-hybridized carbons (Fsp3) is 0.692. The largest absolute Gasteiger partial charge is 0.353 e. The third-order valence-corrected chi connectivity index (χ3v) is 2.55. The average molecular weight is 236 g/mol. The van der Waals surface area contributed by atoms with E-state index in [1.807, 2.05) is 6.20 Å². The minimum atomic E-state index is 0.465. The van der Waals surface area contributed by atoms with E-state index < -0.39 is 0 Å². The first-order valence-corrected chi connectivity index (χ1v) is 6.34. The van der Waals surface area contributed by atoms with Crippen LogP contribution in [0.15, 0.2) is 6.20 Å². The molecular formula is C13H24N4. The first kappa shape index (κ1) is 13.9. The van der Waals surface area contributed by atoms with Gasteiger partial charge in [-0.2, -0.15) is 0 Å². The highest BCUT2D eigenvalue weighted by Crippen LogP contribution is 2.20. The van der Waals surface area contributed by atoms with Crippen LogP contribution in [0.4, 0.5) is 5.95 Å². The summed E-state index contributed by atoms with van der Waals surface area (Å²) in [5.74, 6) is 1.76. The molecule has 0 bridgehead atoms. The van der Waals surface area contributed by atoms with E-state index >= 15 is 0 Å². The maximum atomic E-state index is 5.46. The molecule has 0 saturated heterocycles. The van der Waals surface area contributed by atoms with Crippen molar-refractivity contribution in [3.05, 3.63) is 17.5 Å². The van der Waals surface area contributed by atoms with Crippen LogP contribution < -0.4 is 11.1 Å². The van der Waals surface area contributed by atoms with Gasteiger partial charge in [0, 0.05) is 25.0 Å². The maximum absolute atomic E-state index is 5.46. The van der Waals surface area contributed by atoms with Crippen LogP contribution >= 0.6 is 0 Å². The molecule has 1 aromatic heterocycles. The molecule has 17 heavy (non-hydrogen) atoms. The van der Waals surface area contributed by atoms with E-state index in [-0.39, 0.29) is 0 Å². The van der Waals surface area contributed by atoms with E-state index in [9.17, 15) is 0 Å². The molecule has 96 valence electrons. The average Bonchev–Trinajstić information content (AvgIpc) is 2.25.